The van der Waals surface area contributed by atoms with Gasteiger partial charge in [-0.25, -0.2) is 0 Å². The van der Waals surface area contributed by atoms with Crippen LogP contribution in [0.25, 0.3) is 0 Å². The molecule has 1 N–H and O–H groups in total. The molecule has 6 heteroatoms. The van der Waals surface area contributed by atoms with Crippen LogP contribution >= 0.6 is 0 Å². The highest BCUT2D eigenvalue weighted by Gasteiger charge is 2.34. The Morgan fingerprint density at radius 3 is 2.70 bits per heavy atom. The lowest BCUT2D eigenvalue weighted by Crippen LogP contribution is -2.41. The molecule has 6 nitrogen and oxygen atoms in total. The van der Waals surface area contributed by atoms with E-state index in [1.165, 1.54) is 0 Å². The van der Waals surface area contributed by atoms with Crippen molar-refractivity contribution in [2.45, 2.75) is 44.6 Å². The number of carbonyl (C=O) groups excluding carboxylic acids is 1. The molecule has 1 atom stereocenters. The van der Waals surface area contributed by atoms with Gasteiger partial charge in [-0.05, 0) is 46.7 Å². The predicted octanol–water partition coefficient (Wildman–Crippen LogP) is 1.78. The lowest BCUT2D eigenvalue weighted by molar-refractivity contribution is 0.0510. The average Bonchev–Trinajstić information content (AvgIpc) is 3.09. The van der Waals surface area contributed by atoms with Gasteiger partial charge in [0.25, 0.3) is 5.91 Å². The number of amides is 1. The van der Waals surface area contributed by atoms with Gasteiger partial charge < -0.3 is 14.5 Å². The minimum absolute atomic E-state index is 0.107. The Balaban J connectivity index is 1.76. The predicted molar refractivity (Wildman–Crippen MR) is 88.7 cm³/mol. The Morgan fingerprint density at radius 1 is 1.30 bits per heavy atom. The maximum Gasteiger partial charge on any atom is 0.257 e. The van der Waals surface area contributed by atoms with Crippen LogP contribution in [-0.2, 0) is 4.74 Å². The van der Waals surface area contributed by atoms with Gasteiger partial charge in [-0.1, -0.05) is 0 Å². The van der Waals surface area contributed by atoms with Crippen LogP contribution in [0.2, 0.25) is 0 Å². The number of carbonyl (C=O) groups is 1. The van der Waals surface area contributed by atoms with Crippen LogP contribution in [0.15, 0.2) is 0 Å². The highest BCUT2D eigenvalue weighted by molar-refractivity contribution is 5.96. The second-order valence-corrected chi connectivity index (χ2v) is 7.07. The number of nitrogens with zero attached hydrogens (tertiary/aromatic N) is 3. The second kappa shape index (κ2) is 7.01. The minimum atomic E-state index is 0.107. The van der Waals surface area contributed by atoms with E-state index < -0.39 is 0 Å². The SMILES string of the molecule is Cc1[nH]nc(C2CC2)c1C(=O)N(CCN(C)C)CC1CCCO1. The third kappa shape index (κ3) is 3.93. The monoisotopic (exact) mass is 320 g/mol. The number of aromatic nitrogens is 2. The average molecular weight is 320 g/mol. The summed E-state index contributed by atoms with van der Waals surface area (Å²) >= 11 is 0. The summed E-state index contributed by atoms with van der Waals surface area (Å²) in [6.07, 6.45) is 4.61. The number of H-pyrrole nitrogens is 1. The molecule has 1 aromatic heterocycles. The zero-order valence-electron chi connectivity index (χ0n) is 14.5. The molecule has 2 fully saturated rings. The summed E-state index contributed by atoms with van der Waals surface area (Å²) in [6, 6.07) is 0. The van der Waals surface area contributed by atoms with Gasteiger partial charge in [0, 0.05) is 37.9 Å². The molecule has 2 heterocycles. The molecule has 2 aliphatic rings. The van der Waals surface area contributed by atoms with Gasteiger partial charge in [0.2, 0.25) is 0 Å². The van der Waals surface area contributed by atoms with Gasteiger partial charge >= 0.3 is 0 Å². The van der Waals surface area contributed by atoms with E-state index in [0.717, 1.165) is 62.3 Å². The summed E-state index contributed by atoms with van der Waals surface area (Å²) in [5, 5.41) is 7.41. The van der Waals surface area contributed by atoms with Gasteiger partial charge in [0.1, 0.15) is 0 Å². The van der Waals surface area contributed by atoms with Crippen LogP contribution in [0, 0.1) is 6.92 Å². The van der Waals surface area contributed by atoms with Crippen LogP contribution in [-0.4, -0.2) is 72.3 Å². The molecule has 1 unspecified atom stereocenters. The fourth-order valence-corrected chi connectivity index (χ4v) is 3.16. The van der Waals surface area contributed by atoms with E-state index in [1.807, 2.05) is 25.9 Å². The number of likely N-dealkylation sites (N-methyl/N-ethyl adjacent to an activating group) is 1. The van der Waals surface area contributed by atoms with E-state index in [-0.39, 0.29) is 12.0 Å². The molecule has 1 amide bonds. The molecular formula is C17H28N4O2. The van der Waals surface area contributed by atoms with Crippen molar-refractivity contribution in [2.24, 2.45) is 0 Å². The first-order chi connectivity index (χ1) is 11.1. The Morgan fingerprint density at radius 2 is 2.09 bits per heavy atom. The van der Waals surface area contributed by atoms with E-state index in [4.69, 9.17) is 4.74 Å². The minimum Gasteiger partial charge on any atom is -0.376 e. The summed E-state index contributed by atoms with van der Waals surface area (Å²) in [5.74, 6) is 0.577. The van der Waals surface area contributed by atoms with Crippen molar-refractivity contribution < 1.29 is 9.53 Å². The summed E-state index contributed by atoms with van der Waals surface area (Å²) < 4.78 is 5.75. The number of ether oxygens (including phenoxy) is 1. The van der Waals surface area contributed by atoms with E-state index >= 15 is 0 Å². The fourth-order valence-electron chi connectivity index (χ4n) is 3.16. The first-order valence-electron chi connectivity index (χ1n) is 8.66. The topological polar surface area (TPSA) is 61.5 Å². The maximum absolute atomic E-state index is 13.2. The molecular weight excluding hydrogens is 292 g/mol. The van der Waals surface area contributed by atoms with Gasteiger partial charge in [0.05, 0.1) is 17.4 Å². The zero-order valence-corrected chi connectivity index (χ0v) is 14.5. The molecule has 1 aliphatic carbocycles. The maximum atomic E-state index is 13.2. The first-order valence-corrected chi connectivity index (χ1v) is 8.66. The molecule has 3 rings (SSSR count). The van der Waals surface area contributed by atoms with Crippen LogP contribution < -0.4 is 0 Å². The van der Waals surface area contributed by atoms with E-state index in [0.29, 0.717) is 12.5 Å². The molecule has 0 bridgehead atoms. The molecule has 1 aromatic rings. The van der Waals surface area contributed by atoms with Gasteiger partial charge in [-0.3, -0.25) is 9.89 Å². The van der Waals surface area contributed by atoms with Crippen LogP contribution in [0.3, 0.4) is 0 Å². The third-order valence-corrected chi connectivity index (χ3v) is 4.71. The lowest BCUT2D eigenvalue weighted by atomic mass is 10.1. The number of aromatic amines is 1. The van der Waals surface area contributed by atoms with E-state index in [1.54, 1.807) is 0 Å². The normalized spacial score (nSPS) is 21.1. The summed E-state index contributed by atoms with van der Waals surface area (Å²) in [6.45, 7) is 5.02. The van der Waals surface area contributed by atoms with Gasteiger partial charge in [-0.2, -0.15) is 5.10 Å². The highest BCUT2D eigenvalue weighted by Crippen LogP contribution is 2.41. The van der Waals surface area contributed by atoms with Crippen molar-refractivity contribution in [3.05, 3.63) is 17.0 Å². The van der Waals surface area contributed by atoms with Crippen molar-refractivity contribution in [3.8, 4) is 0 Å². The molecule has 1 saturated heterocycles. The van der Waals surface area contributed by atoms with Crippen LogP contribution in [0.1, 0.15) is 53.3 Å². The van der Waals surface area contributed by atoms with Crippen LogP contribution in [0.4, 0.5) is 0 Å². The molecule has 0 aromatic carbocycles. The largest absolute Gasteiger partial charge is 0.376 e. The summed E-state index contributed by atoms with van der Waals surface area (Å²) in [4.78, 5) is 17.2. The number of rotatable bonds is 7. The summed E-state index contributed by atoms with van der Waals surface area (Å²) in [7, 11) is 4.07. The van der Waals surface area contributed by atoms with Crippen molar-refractivity contribution in [3.63, 3.8) is 0 Å². The van der Waals surface area contributed by atoms with Crippen molar-refractivity contribution in [1.82, 2.24) is 20.0 Å². The molecule has 23 heavy (non-hydrogen) atoms. The smallest absolute Gasteiger partial charge is 0.257 e. The number of aryl methyl sites for hydroxylation is 1. The molecule has 0 radical (unpaired) electrons. The number of hydrogen-bond acceptors (Lipinski definition) is 4. The van der Waals surface area contributed by atoms with Gasteiger partial charge in [0.15, 0.2) is 0 Å². The van der Waals surface area contributed by atoms with E-state index in [9.17, 15) is 4.79 Å². The highest BCUT2D eigenvalue weighted by atomic mass is 16.5. The van der Waals surface area contributed by atoms with Crippen molar-refractivity contribution in [1.29, 1.82) is 0 Å². The Kier molecular flexibility index (Phi) is 5.02. The molecule has 1 aliphatic heterocycles. The molecule has 1 saturated carbocycles. The number of hydrogen-bond donors (Lipinski definition) is 1. The van der Waals surface area contributed by atoms with E-state index in [2.05, 4.69) is 15.1 Å². The zero-order chi connectivity index (χ0) is 16.4. The fraction of sp³-hybridized carbons (Fsp3) is 0.765. The van der Waals surface area contributed by atoms with Gasteiger partial charge in [-0.15, -0.1) is 0 Å². The van der Waals surface area contributed by atoms with Crippen LogP contribution in [0.5, 0.6) is 0 Å². The van der Waals surface area contributed by atoms with Crippen molar-refractivity contribution in [2.75, 3.05) is 40.3 Å². The standard InChI is InChI=1S/C17H28N4O2/c1-12-15(16(19-18-12)13-6-7-13)17(22)21(9-8-20(2)3)11-14-5-4-10-23-14/h13-14H,4-11H2,1-3H3,(H,18,19). The molecule has 128 valence electrons. The molecule has 0 spiro atoms. The Bertz CT molecular complexity index is 545. The van der Waals surface area contributed by atoms with Crippen molar-refractivity contribution >= 4 is 5.91 Å². The first kappa shape index (κ1) is 16.5. The second-order valence-electron chi connectivity index (χ2n) is 7.07. The third-order valence-electron chi connectivity index (χ3n) is 4.71. The Hall–Kier alpha value is -1.40. The summed E-state index contributed by atoms with van der Waals surface area (Å²) in [5.41, 5.74) is 2.65. The lowest BCUT2D eigenvalue weighted by Gasteiger charge is -2.27. The quantitative estimate of drug-likeness (QED) is 0.832. The number of nitrogens with one attached hydrogen (secondary N) is 1. The Labute approximate surface area is 138 Å².